The first-order chi connectivity index (χ1) is 13.5. The van der Waals surface area contributed by atoms with E-state index in [1.807, 2.05) is 0 Å². The maximum absolute atomic E-state index is 14.0. The van der Waals surface area contributed by atoms with Gasteiger partial charge in [0.2, 0.25) is 0 Å². The Labute approximate surface area is 163 Å². The lowest BCUT2D eigenvalue weighted by Gasteiger charge is -2.12. The number of halogens is 5. The fourth-order valence-corrected chi connectivity index (χ4v) is 3.86. The van der Waals surface area contributed by atoms with Crippen molar-refractivity contribution in [2.45, 2.75) is 18.0 Å². The average molecular weight is 428 g/mol. The lowest BCUT2D eigenvalue weighted by Crippen LogP contribution is -2.15. The van der Waals surface area contributed by atoms with Gasteiger partial charge in [0, 0.05) is 17.3 Å². The summed E-state index contributed by atoms with van der Waals surface area (Å²) in [6.45, 7) is 1.49. The second-order valence-corrected chi connectivity index (χ2v) is 7.79. The third-order valence-electron chi connectivity index (χ3n) is 4.05. The van der Waals surface area contributed by atoms with E-state index >= 15 is 0 Å². The zero-order valence-corrected chi connectivity index (χ0v) is 15.6. The molecule has 0 fully saturated rings. The standard InChI is InChI=1S/C19H13F5N2O2S/c1-11-2-5-14(20)9-17(11)29(27,28)26-18-7-3-12(10-25-18)15-8-13(19(22,23)24)4-6-16(15)21/h2-10H,1H3,(H,25,26). The fourth-order valence-electron chi connectivity index (χ4n) is 2.59. The number of hydrogen-bond acceptors (Lipinski definition) is 3. The Bertz CT molecular complexity index is 1160. The SMILES string of the molecule is Cc1ccc(F)cc1S(=O)(=O)Nc1ccc(-c2cc(C(F)(F)F)ccc2F)cn1. The summed E-state index contributed by atoms with van der Waals surface area (Å²) in [5.74, 6) is -1.78. The minimum Gasteiger partial charge on any atom is -0.263 e. The highest BCUT2D eigenvalue weighted by molar-refractivity contribution is 7.92. The van der Waals surface area contributed by atoms with Crippen LogP contribution in [0, 0.1) is 18.6 Å². The molecular weight excluding hydrogens is 415 g/mol. The molecule has 0 amide bonds. The Balaban J connectivity index is 1.91. The lowest BCUT2D eigenvalue weighted by molar-refractivity contribution is -0.137. The van der Waals surface area contributed by atoms with Crippen LogP contribution in [0.5, 0.6) is 0 Å². The summed E-state index contributed by atoms with van der Waals surface area (Å²) >= 11 is 0. The first kappa shape index (κ1) is 20.7. The van der Waals surface area contributed by atoms with Gasteiger partial charge in [-0.3, -0.25) is 4.72 Å². The number of nitrogens with zero attached hydrogens (tertiary/aromatic N) is 1. The van der Waals surface area contributed by atoms with E-state index in [9.17, 15) is 30.4 Å². The predicted octanol–water partition coefficient (Wildman–Crippen LogP) is 5.15. The molecule has 3 aromatic rings. The molecule has 0 saturated carbocycles. The van der Waals surface area contributed by atoms with E-state index in [0.717, 1.165) is 18.3 Å². The van der Waals surface area contributed by atoms with E-state index < -0.39 is 33.4 Å². The molecule has 0 spiro atoms. The summed E-state index contributed by atoms with van der Waals surface area (Å²) in [5.41, 5.74) is -1.02. The van der Waals surface area contributed by atoms with Crippen LogP contribution in [0.4, 0.5) is 27.8 Å². The van der Waals surface area contributed by atoms with Gasteiger partial charge in [-0.05, 0) is 55.0 Å². The van der Waals surface area contributed by atoms with Gasteiger partial charge >= 0.3 is 6.18 Å². The molecule has 4 nitrogen and oxygen atoms in total. The van der Waals surface area contributed by atoms with E-state index in [2.05, 4.69) is 9.71 Å². The molecule has 10 heteroatoms. The first-order valence-corrected chi connectivity index (χ1v) is 9.58. The Morgan fingerprint density at radius 2 is 1.69 bits per heavy atom. The zero-order valence-electron chi connectivity index (χ0n) is 14.8. The molecule has 0 radical (unpaired) electrons. The van der Waals surface area contributed by atoms with E-state index in [4.69, 9.17) is 0 Å². The van der Waals surface area contributed by atoms with Gasteiger partial charge in [-0.15, -0.1) is 0 Å². The molecule has 3 rings (SSSR count). The van der Waals surface area contributed by atoms with Gasteiger partial charge in [0.25, 0.3) is 10.0 Å². The molecule has 0 atom stereocenters. The van der Waals surface area contributed by atoms with Gasteiger partial charge in [-0.25, -0.2) is 22.2 Å². The predicted molar refractivity (Wildman–Crippen MR) is 96.6 cm³/mol. The molecule has 152 valence electrons. The van der Waals surface area contributed by atoms with Gasteiger partial charge in [-0.2, -0.15) is 13.2 Å². The minimum atomic E-state index is -4.64. The maximum atomic E-state index is 14.0. The monoisotopic (exact) mass is 428 g/mol. The Hall–Kier alpha value is -3.01. The van der Waals surface area contributed by atoms with E-state index in [1.54, 1.807) is 0 Å². The molecule has 2 aromatic carbocycles. The van der Waals surface area contributed by atoms with E-state index in [1.165, 1.54) is 25.1 Å². The Morgan fingerprint density at radius 1 is 0.966 bits per heavy atom. The van der Waals surface area contributed by atoms with Crippen LogP contribution in [0.15, 0.2) is 59.6 Å². The molecule has 0 saturated heterocycles. The van der Waals surface area contributed by atoms with Crippen LogP contribution >= 0.6 is 0 Å². The largest absolute Gasteiger partial charge is 0.416 e. The molecule has 0 aliphatic heterocycles. The normalized spacial score (nSPS) is 12.1. The van der Waals surface area contributed by atoms with Crippen molar-refractivity contribution < 1.29 is 30.4 Å². The van der Waals surface area contributed by atoms with Gasteiger partial charge in [0.05, 0.1) is 10.5 Å². The van der Waals surface area contributed by atoms with Gasteiger partial charge in [0.15, 0.2) is 0 Å². The van der Waals surface area contributed by atoms with Crippen LogP contribution in [0.3, 0.4) is 0 Å². The third kappa shape index (κ3) is 4.53. The molecule has 0 bridgehead atoms. The summed E-state index contributed by atoms with van der Waals surface area (Å²) < 4.78 is 92.9. The van der Waals surface area contributed by atoms with Crippen LogP contribution < -0.4 is 4.72 Å². The third-order valence-corrected chi connectivity index (χ3v) is 5.54. The van der Waals surface area contributed by atoms with Crippen LogP contribution in [-0.2, 0) is 16.2 Å². The molecule has 29 heavy (non-hydrogen) atoms. The number of benzene rings is 2. The van der Waals surface area contributed by atoms with Gasteiger partial charge in [0.1, 0.15) is 17.5 Å². The number of anilines is 1. The van der Waals surface area contributed by atoms with Gasteiger partial charge < -0.3 is 0 Å². The highest BCUT2D eigenvalue weighted by Crippen LogP contribution is 2.33. The van der Waals surface area contributed by atoms with Gasteiger partial charge in [-0.1, -0.05) is 6.07 Å². The summed E-state index contributed by atoms with van der Waals surface area (Å²) in [7, 11) is -4.15. The lowest BCUT2D eigenvalue weighted by atomic mass is 10.0. The topological polar surface area (TPSA) is 59.1 Å². The number of pyridine rings is 1. The summed E-state index contributed by atoms with van der Waals surface area (Å²) in [4.78, 5) is 3.53. The number of rotatable bonds is 4. The average Bonchev–Trinajstić information content (AvgIpc) is 2.63. The van der Waals surface area contributed by atoms with Crippen molar-refractivity contribution in [2.24, 2.45) is 0 Å². The van der Waals surface area contributed by atoms with Crippen LogP contribution in [0.25, 0.3) is 11.1 Å². The van der Waals surface area contributed by atoms with Crippen molar-refractivity contribution in [3.63, 3.8) is 0 Å². The zero-order chi connectivity index (χ0) is 21.4. The minimum absolute atomic E-state index is 0.0264. The first-order valence-electron chi connectivity index (χ1n) is 8.09. The van der Waals surface area contributed by atoms with Crippen molar-refractivity contribution >= 4 is 15.8 Å². The maximum Gasteiger partial charge on any atom is 0.416 e. The van der Waals surface area contributed by atoms with Crippen LogP contribution in [0.1, 0.15) is 11.1 Å². The fraction of sp³-hybridized carbons (Fsp3) is 0.105. The number of sulfonamides is 1. The van der Waals surface area contributed by atoms with Crippen molar-refractivity contribution in [1.29, 1.82) is 0 Å². The second-order valence-electron chi connectivity index (χ2n) is 6.14. The molecule has 1 heterocycles. The van der Waals surface area contributed by atoms with Crippen molar-refractivity contribution in [2.75, 3.05) is 4.72 Å². The molecule has 0 aliphatic carbocycles. The summed E-state index contributed by atoms with van der Waals surface area (Å²) in [5, 5.41) is 0. The highest BCUT2D eigenvalue weighted by Gasteiger charge is 2.31. The number of alkyl halides is 3. The number of aryl methyl sites for hydroxylation is 1. The Kier molecular flexibility index (Phi) is 5.31. The molecule has 0 unspecified atom stereocenters. The van der Waals surface area contributed by atoms with Crippen molar-refractivity contribution in [3.8, 4) is 11.1 Å². The summed E-state index contributed by atoms with van der Waals surface area (Å²) in [6.07, 6.45) is -3.61. The molecular formula is C19H13F5N2O2S. The number of aromatic nitrogens is 1. The molecule has 1 aromatic heterocycles. The second kappa shape index (κ2) is 7.43. The van der Waals surface area contributed by atoms with Crippen molar-refractivity contribution in [3.05, 3.63) is 77.5 Å². The Morgan fingerprint density at radius 3 is 2.31 bits per heavy atom. The molecule has 0 aliphatic rings. The molecule has 1 N–H and O–H groups in total. The quantitative estimate of drug-likeness (QED) is 0.585. The number of nitrogens with one attached hydrogen (secondary N) is 1. The van der Waals surface area contributed by atoms with Crippen LogP contribution in [-0.4, -0.2) is 13.4 Å². The smallest absolute Gasteiger partial charge is 0.263 e. The highest BCUT2D eigenvalue weighted by atomic mass is 32.2. The van der Waals surface area contributed by atoms with Crippen LogP contribution in [0.2, 0.25) is 0 Å². The summed E-state index contributed by atoms with van der Waals surface area (Å²) in [6, 6.07) is 7.62. The van der Waals surface area contributed by atoms with Crippen molar-refractivity contribution in [1.82, 2.24) is 4.98 Å². The van der Waals surface area contributed by atoms with E-state index in [0.29, 0.717) is 23.8 Å². The van der Waals surface area contributed by atoms with E-state index in [-0.39, 0.29) is 21.8 Å². The number of hydrogen-bond donors (Lipinski definition) is 1.